The molecule has 1 aliphatic heterocycles. The first-order valence-corrected chi connectivity index (χ1v) is 8.44. The van der Waals surface area contributed by atoms with Crippen molar-refractivity contribution in [2.75, 3.05) is 13.2 Å². The Balaban J connectivity index is 2.06. The molecule has 1 aliphatic carbocycles. The van der Waals surface area contributed by atoms with Crippen molar-refractivity contribution in [3.05, 3.63) is 0 Å². The maximum atomic E-state index is 6.23. The van der Waals surface area contributed by atoms with Crippen LogP contribution in [0.5, 0.6) is 0 Å². The summed E-state index contributed by atoms with van der Waals surface area (Å²) in [6.45, 7) is 11.4. The summed E-state index contributed by atoms with van der Waals surface area (Å²) in [5.74, 6) is 2.57. The van der Waals surface area contributed by atoms with Crippen LogP contribution in [0.25, 0.3) is 0 Å². The van der Waals surface area contributed by atoms with Gasteiger partial charge in [0, 0.05) is 12.6 Å². The molecule has 1 saturated heterocycles. The molecule has 2 nitrogen and oxygen atoms in total. The van der Waals surface area contributed by atoms with Gasteiger partial charge in [0.15, 0.2) is 0 Å². The van der Waals surface area contributed by atoms with Crippen LogP contribution in [0.3, 0.4) is 0 Å². The largest absolute Gasteiger partial charge is 0.374 e. The molecular formula is C17H33NO. The van der Waals surface area contributed by atoms with Crippen LogP contribution < -0.4 is 5.32 Å². The molecule has 2 fully saturated rings. The molecule has 0 aromatic carbocycles. The van der Waals surface area contributed by atoms with Crippen LogP contribution in [0.4, 0.5) is 0 Å². The number of likely N-dealkylation sites (N-methyl/N-ethyl adjacent to an activating group) is 1. The molecule has 0 bridgehead atoms. The fraction of sp³-hybridized carbons (Fsp3) is 1.00. The van der Waals surface area contributed by atoms with E-state index in [2.05, 4.69) is 33.0 Å². The number of rotatable bonds is 4. The van der Waals surface area contributed by atoms with E-state index in [9.17, 15) is 0 Å². The number of hydrogen-bond donors (Lipinski definition) is 1. The molecule has 1 heterocycles. The SMILES string of the molecule is CCNC(C1CCC(C)C(C)C1)C1(C)CCCCO1. The van der Waals surface area contributed by atoms with E-state index in [-0.39, 0.29) is 5.60 Å². The lowest BCUT2D eigenvalue weighted by atomic mass is 9.69. The van der Waals surface area contributed by atoms with Crippen molar-refractivity contribution in [3.8, 4) is 0 Å². The topological polar surface area (TPSA) is 21.3 Å². The lowest BCUT2D eigenvalue weighted by molar-refractivity contribution is -0.106. The van der Waals surface area contributed by atoms with Crippen molar-refractivity contribution in [1.29, 1.82) is 0 Å². The Labute approximate surface area is 119 Å². The predicted molar refractivity (Wildman–Crippen MR) is 81.3 cm³/mol. The summed E-state index contributed by atoms with van der Waals surface area (Å²) in [7, 11) is 0. The summed E-state index contributed by atoms with van der Waals surface area (Å²) in [5.41, 5.74) is 0.0687. The highest BCUT2D eigenvalue weighted by molar-refractivity contribution is 4.97. The van der Waals surface area contributed by atoms with Gasteiger partial charge in [-0.1, -0.05) is 27.2 Å². The van der Waals surface area contributed by atoms with Crippen molar-refractivity contribution in [1.82, 2.24) is 5.32 Å². The molecule has 19 heavy (non-hydrogen) atoms. The molecule has 1 saturated carbocycles. The molecule has 0 aromatic rings. The third kappa shape index (κ3) is 3.52. The lowest BCUT2D eigenvalue weighted by Crippen LogP contribution is -2.56. The second-order valence-corrected chi connectivity index (χ2v) is 7.18. The van der Waals surface area contributed by atoms with Gasteiger partial charge in [0.2, 0.25) is 0 Å². The third-order valence-corrected chi connectivity index (χ3v) is 5.69. The summed E-state index contributed by atoms with van der Waals surface area (Å²) in [4.78, 5) is 0. The van der Waals surface area contributed by atoms with Gasteiger partial charge in [0.05, 0.1) is 5.60 Å². The van der Waals surface area contributed by atoms with Gasteiger partial charge in [0.25, 0.3) is 0 Å². The average Bonchev–Trinajstić information content (AvgIpc) is 2.40. The molecule has 0 spiro atoms. The first-order chi connectivity index (χ1) is 9.07. The maximum Gasteiger partial charge on any atom is 0.0809 e. The number of hydrogen-bond acceptors (Lipinski definition) is 2. The Morgan fingerprint density at radius 3 is 2.58 bits per heavy atom. The van der Waals surface area contributed by atoms with Crippen LogP contribution in [-0.2, 0) is 4.74 Å². The normalized spacial score (nSPS) is 42.0. The van der Waals surface area contributed by atoms with E-state index in [1.54, 1.807) is 0 Å². The fourth-order valence-corrected chi connectivity index (χ4v) is 4.19. The van der Waals surface area contributed by atoms with E-state index in [4.69, 9.17) is 4.74 Å². The van der Waals surface area contributed by atoms with Crippen LogP contribution in [0, 0.1) is 17.8 Å². The van der Waals surface area contributed by atoms with E-state index in [0.29, 0.717) is 6.04 Å². The number of nitrogens with one attached hydrogen (secondary N) is 1. The first kappa shape index (κ1) is 15.3. The zero-order valence-electron chi connectivity index (χ0n) is 13.4. The highest BCUT2D eigenvalue weighted by atomic mass is 16.5. The molecule has 2 rings (SSSR count). The van der Waals surface area contributed by atoms with Crippen molar-refractivity contribution >= 4 is 0 Å². The van der Waals surface area contributed by atoms with Crippen LogP contribution in [0.15, 0.2) is 0 Å². The second kappa shape index (κ2) is 6.58. The number of ether oxygens (including phenoxy) is 1. The highest BCUT2D eigenvalue weighted by Gasteiger charge is 2.42. The van der Waals surface area contributed by atoms with E-state index in [0.717, 1.165) is 30.9 Å². The lowest BCUT2D eigenvalue weighted by Gasteiger charge is -2.47. The maximum absolute atomic E-state index is 6.23. The summed E-state index contributed by atoms with van der Waals surface area (Å²) in [5, 5.41) is 3.77. The standard InChI is InChI=1S/C17H33NO/c1-5-18-16(17(4)10-6-7-11-19-17)15-9-8-13(2)14(3)12-15/h13-16,18H,5-12H2,1-4H3. The molecular weight excluding hydrogens is 234 g/mol. The fourth-order valence-electron chi connectivity index (χ4n) is 4.19. The van der Waals surface area contributed by atoms with E-state index < -0.39 is 0 Å². The van der Waals surface area contributed by atoms with E-state index in [1.165, 1.54) is 38.5 Å². The van der Waals surface area contributed by atoms with Crippen LogP contribution in [-0.4, -0.2) is 24.8 Å². The van der Waals surface area contributed by atoms with Crippen LogP contribution in [0.2, 0.25) is 0 Å². The molecule has 0 aromatic heterocycles. The summed E-state index contributed by atoms with van der Waals surface area (Å²) < 4.78 is 6.23. The van der Waals surface area contributed by atoms with Gasteiger partial charge < -0.3 is 10.1 Å². The predicted octanol–water partition coefficient (Wildman–Crippen LogP) is 4.00. The van der Waals surface area contributed by atoms with Gasteiger partial charge in [0.1, 0.15) is 0 Å². The van der Waals surface area contributed by atoms with Crippen molar-refractivity contribution < 1.29 is 4.74 Å². The van der Waals surface area contributed by atoms with E-state index in [1.807, 2.05) is 0 Å². The zero-order valence-corrected chi connectivity index (χ0v) is 13.4. The average molecular weight is 267 g/mol. The Kier molecular flexibility index (Phi) is 5.30. The van der Waals surface area contributed by atoms with Crippen molar-refractivity contribution in [2.45, 2.75) is 77.9 Å². The van der Waals surface area contributed by atoms with Crippen molar-refractivity contribution in [2.24, 2.45) is 17.8 Å². The molecule has 5 unspecified atom stereocenters. The van der Waals surface area contributed by atoms with Gasteiger partial charge in [-0.3, -0.25) is 0 Å². The van der Waals surface area contributed by atoms with Crippen LogP contribution >= 0.6 is 0 Å². The minimum Gasteiger partial charge on any atom is -0.374 e. The molecule has 0 amide bonds. The summed E-state index contributed by atoms with van der Waals surface area (Å²) in [6.07, 6.45) is 7.94. The van der Waals surface area contributed by atoms with Gasteiger partial charge in [-0.05, 0) is 63.3 Å². The smallest absolute Gasteiger partial charge is 0.0809 e. The molecule has 5 atom stereocenters. The van der Waals surface area contributed by atoms with Gasteiger partial charge in [-0.2, -0.15) is 0 Å². The Morgan fingerprint density at radius 2 is 2.00 bits per heavy atom. The van der Waals surface area contributed by atoms with E-state index >= 15 is 0 Å². The van der Waals surface area contributed by atoms with Crippen molar-refractivity contribution in [3.63, 3.8) is 0 Å². The summed E-state index contributed by atoms with van der Waals surface area (Å²) >= 11 is 0. The molecule has 2 heteroatoms. The minimum atomic E-state index is 0.0687. The first-order valence-electron chi connectivity index (χ1n) is 8.44. The Hall–Kier alpha value is -0.0800. The van der Waals surface area contributed by atoms with Gasteiger partial charge in [-0.15, -0.1) is 0 Å². The second-order valence-electron chi connectivity index (χ2n) is 7.18. The van der Waals surface area contributed by atoms with Gasteiger partial charge >= 0.3 is 0 Å². The monoisotopic (exact) mass is 267 g/mol. The Morgan fingerprint density at radius 1 is 1.21 bits per heavy atom. The molecule has 2 aliphatic rings. The third-order valence-electron chi connectivity index (χ3n) is 5.69. The minimum absolute atomic E-state index is 0.0687. The highest BCUT2D eigenvalue weighted by Crippen LogP contribution is 2.40. The molecule has 0 radical (unpaired) electrons. The zero-order chi connectivity index (χ0) is 13.9. The van der Waals surface area contributed by atoms with Gasteiger partial charge in [-0.25, -0.2) is 0 Å². The molecule has 112 valence electrons. The molecule has 1 N–H and O–H groups in total. The summed E-state index contributed by atoms with van der Waals surface area (Å²) in [6, 6.07) is 0.549. The Bertz CT molecular complexity index is 272. The quantitative estimate of drug-likeness (QED) is 0.831. The van der Waals surface area contributed by atoms with Crippen LogP contribution in [0.1, 0.15) is 66.2 Å².